The van der Waals surface area contributed by atoms with Crippen molar-refractivity contribution in [2.75, 3.05) is 60.6 Å². The minimum absolute atomic E-state index is 0.697. The molecule has 1 aromatic carbocycles. The van der Waals surface area contributed by atoms with E-state index in [-0.39, 0.29) is 0 Å². The minimum atomic E-state index is -0.697. The lowest BCUT2D eigenvalue weighted by atomic mass is 10.1. The van der Waals surface area contributed by atoms with Crippen molar-refractivity contribution >= 4 is 45.2 Å². The maximum Gasteiger partial charge on any atom is 0.139 e. The molecule has 5 nitrogen and oxygen atoms in total. The Kier molecular flexibility index (Phi) is 4.72. The van der Waals surface area contributed by atoms with Crippen molar-refractivity contribution in [3.8, 4) is 0 Å². The molecule has 2 aliphatic heterocycles. The van der Waals surface area contributed by atoms with Crippen LogP contribution in [0.1, 0.15) is 0 Å². The summed E-state index contributed by atoms with van der Waals surface area (Å²) in [5.74, 6) is 3.41. The molecule has 2 fully saturated rings. The van der Waals surface area contributed by atoms with Crippen LogP contribution in [0.5, 0.6) is 0 Å². The highest BCUT2D eigenvalue weighted by atomic mass is 35.5. The number of aromatic nitrogens is 1. The highest BCUT2D eigenvalue weighted by Gasteiger charge is 2.23. The number of pyridine rings is 1. The second-order valence-corrected chi connectivity index (χ2v) is 8.37. The van der Waals surface area contributed by atoms with Crippen LogP contribution in [0.3, 0.4) is 0 Å². The van der Waals surface area contributed by atoms with E-state index in [1.165, 1.54) is 0 Å². The summed E-state index contributed by atoms with van der Waals surface area (Å²) in [5.41, 5.74) is 0. The first-order valence-electron chi connectivity index (χ1n) is 8.36. The van der Waals surface area contributed by atoms with Gasteiger partial charge in [0.15, 0.2) is 0 Å². The third kappa shape index (κ3) is 3.28. The molecule has 0 bridgehead atoms. The molecule has 2 saturated heterocycles. The number of nitrogens with zero attached hydrogens (tertiary/aromatic N) is 3. The third-order valence-electron chi connectivity index (χ3n) is 4.68. The van der Waals surface area contributed by atoms with Gasteiger partial charge < -0.3 is 19.7 Å². The van der Waals surface area contributed by atoms with Gasteiger partial charge in [0.05, 0.1) is 13.1 Å². The SMILES string of the molecule is [O-][S+]1CCN(c2nc(N3CCNCC3)cc3ccc(Cl)cc23)CC1. The Morgan fingerprint density at radius 3 is 2.54 bits per heavy atom. The van der Waals surface area contributed by atoms with Crippen molar-refractivity contribution in [1.29, 1.82) is 0 Å². The van der Waals surface area contributed by atoms with Gasteiger partial charge in [-0.05, 0) is 23.6 Å². The smallest absolute Gasteiger partial charge is 0.139 e. The number of nitrogens with one attached hydrogen (secondary N) is 1. The fraction of sp³-hybridized carbons (Fsp3) is 0.471. The fourth-order valence-corrected chi connectivity index (χ4v) is 4.56. The molecule has 128 valence electrons. The van der Waals surface area contributed by atoms with Gasteiger partial charge >= 0.3 is 0 Å². The lowest BCUT2D eigenvalue weighted by molar-refractivity contribution is 0.582. The summed E-state index contributed by atoms with van der Waals surface area (Å²) in [6.07, 6.45) is 0. The molecule has 0 amide bonds. The van der Waals surface area contributed by atoms with Gasteiger partial charge in [0, 0.05) is 36.6 Å². The topological polar surface area (TPSA) is 54.5 Å². The number of halogens is 1. The quantitative estimate of drug-likeness (QED) is 0.824. The molecule has 0 unspecified atom stereocenters. The van der Waals surface area contributed by atoms with Crippen molar-refractivity contribution in [1.82, 2.24) is 10.3 Å². The van der Waals surface area contributed by atoms with Crippen LogP contribution in [-0.4, -0.2) is 60.3 Å². The van der Waals surface area contributed by atoms with E-state index in [1.54, 1.807) is 0 Å². The molecule has 7 heteroatoms. The molecule has 2 aromatic rings. The van der Waals surface area contributed by atoms with Crippen LogP contribution in [0, 0.1) is 0 Å². The molecule has 0 radical (unpaired) electrons. The van der Waals surface area contributed by atoms with Gasteiger partial charge in [0.25, 0.3) is 0 Å². The Hall–Kier alpha value is -1.21. The lowest BCUT2D eigenvalue weighted by Gasteiger charge is -2.32. The summed E-state index contributed by atoms with van der Waals surface area (Å²) in [4.78, 5) is 9.57. The first-order valence-corrected chi connectivity index (χ1v) is 10.2. The Labute approximate surface area is 150 Å². The van der Waals surface area contributed by atoms with E-state index in [1.807, 2.05) is 12.1 Å². The zero-order valence-electron chi connectivity index (χ0n) is 13.5. The van der Waals surface area contributed by atoms with Crippen LogP contribution in [0.15, 0.2) is 24.3 Å². The largest absolute Gasteiger partial charge is 0.616 e. The van der Waals surface area contributed by atoms with Gasteiger partial charge in [-0.2, -0.15) is 0 Å². The first kappa shape index (κ1) is 16.3. The van der Waals surface area contributed by atoms with Crippen molar-refractivity contribution in [3.05, 3.63) is 29.3 Å². The van der Waals surface area contributed by atoms with E-state index in [2.05, 4.69) is 27.2 Å². The average molecular weight is 365 g/mol. The number of hydrogen-bond donors (Lipinski definition) is 1. The molecule has 4 rings (SSSR count). The summed E-state index contributed by atoms with van der Waals surface area (Å²) in [6.45, 7) is 5.47. The molecule has 3 heterocycles. The number of piperazine rings is 1. The van der Waals surface area contributed by atoms with Crippen LogP contribution in [-0.2, 0) is 11.2 Å². The predicted octanol–water partition coefficient (Wildman–Crippen LogP) is 1.87. The summed E-state index contributed by atoms with van der Waals surface area (Å²) in [7, 11) is 0. The number of benzene rings is 1. The molecule has 0 aliphatic carbocycles. The number of rotatable bonds is 2. The maximum absolute atomic E-state index is 11.7. The van der Waals surface area contributed by atoms with Gasteiger partial charge in [-0.1, -0.05) is 28.8 Å². The Balaban J connectivity index is 1.77. The van der Waals surface area contributed by atoms with Crippen molar-refractivity contribution in [3.63, 3.8) is 0 Å². The third-order valence-corrected chi connectivity index (χ3v) is 6.19. The summed E-state index contributed by atoms with van der Waals surface area (Å²) in [6, 6.07) is 8.14. The number of hydrogen-bond acceptors (Lipinski definition) is 5. The second kappa shape index (κ2) is 6.96. The predicted molar refractivity (Wildman–Crippen MR) is 102 cm³/mol. The molecule has 24 heavy (non-hydrogen) atoms. The van der Waals surface area contributed by atoms with E-state index in [4.69, 9.17) is 16.6 Å². The molecule has 2 aliphatic rings. The summed E-state index contributed by atoms with van der Waals surface area (Å²) < 4.78 is 11.7. The maximum atomic E-state index is 11.7. The summed E-state index contributed by atoms with van der Waals surface area (Å²) >= 11 is 5.53. The van der Waals surface area contributed by atoms with E-state index < -0.39 is 11.2 Å². The van der Waals surface area contributed by atoms with Crippen molar-refractivity contribution < 1.29 is 4.55 Å². The highest BCUT2D eigenvalue weighted by Crippen LogP contribution is 2.32. The standard InChI is InChI=1S/C17H21ClN4OS/c18-14-2-1-13-11-16(21-5-3-19-4-6-21)20-17(15(13)12-14)22-7-9-24(23)10-8-22/h1-2,11-12,19H,3-10H2. The van der Waals surface area contributed by atoms with Crippen molar-refractivity contribution in [2.45, 2.75) is 0 Å². The number of anilines is 2. The molecule has 0 saturated carbocycles. The van der Waals surface area contributed by atoms with E-state index in [9.17, 15) is 4.55 Å². The van der Waals surface area contributed by atoms with Gasteiger partial charge in [-0.25, -0.2) is 4.98 Å². The van der Waals surface area contributed by atoms with Gasteiger partial charge in [-0.3, -0.25) is 0 Å². The van der Waals surface area contributed by atoms with Crippen LogP contribution in [0.4, 0.5) is 11.6 Å². The molecule has 1 N–H and O–H groups in total. The van der Waals surface area contributed by atoms with Gasteiger partial charge in [0.1, 0.15) is 23.1 Å². The Bertz CT molecular complexity index is 730. The van der Waals surface area contributed by atoms with E-state index in [0.29, 0.717) is 11.5 Å². The number of fused-ring (bicyclic) bond motifs is 1. The lowest BCUT2D eigenvalue weighted by Crippen LogP contribution is -2.44. The monoisotopic (exact) mass is 364 g/mol. The van der Waals surface area contributed by atoms with Gasteiger partial charge in [0.2, 0.25) is 0 Å². The van der Waals surface area contributed by atoms with Crippen LogP contribution < -0.4 is 15.1 Å². The molecular weight excluding hydrogens is 344 g/mol. The fourth-order valence-electron chi connectivity index (χ4n) is 3.33. The first-order chi connectivity index (χ1) is 11.7. The van der Waals surface area contributed by atoms with Crippen molar-refractivity contribution in [2.24, 2.45) is 0 Å². The van der Waals surface area contributed by atoms with E-state index >= 15 is 0 Å². The molecule has 0 spiro atoms. The highest BCUT2D eigenvalue weighted by molar-refractivity contribution is 7.91. The van der Waals surface area contributed by atoms with E-state index in [0.717, 1.165) is 66.7 Å². The van der Waals surface area contributed by atoms with Crippen LogP contribution in [0.25, 0.3) is 10.8 Å². The zero-order valence-corrected chi connectivity index (χ0v) is 15.1. The Morgan fingerprint density at radius 1 is 1.04 bits per heavy atom. The molecule has 0 atom stereocenters. The normalized spacial score (nSPS) is 19.9. The van der Waals surface area contributed by atoms with Gasteiger partial charge in [-0.15, -0.1) is 0 Å². The molecule has 1 aromatic heterocycles. The Morgan fingerprint density at radius 2 is 1.79 bits per heavy atom. The zero-order chi connectivity index (χ0) is 16.5. The summed E-state index contributed by atoms with van der Waals surface area (Å²) in [5, 5.41) is 6.34. The van der Waals surface area contributed by atoms with Crippen LogP contribution in [0.2, 0.25) is 5.02 Å². The second-order valence-electron chi connectivity index (χ2n) is 6.24. The minimum Gasteiger partial charge on any atom is -0.616 e. The molecular formula is C17H21ClN4OS. The average Bonchev–Trinajstić information content (AvgIpc) is 2.62. The van der Waals surface area contributed by atoms with Crippen LogP contribution >= 0.6 is 11.6 Å².